The zero-order valence-corrected chi connectivity index (χ0v) is 15.3. The van der Waals surface area contributed by atoms with Crippen molar-refractivity contribution in [2.24, 2.45) is 0 Å². The van der Waals surface area contributed by atoms with Gasteiger partial charge in [0.05, 0.1) is 22.7 Å². The summed E-state index contributed by atoms with van der Waals surface area (Å²) in [5, 5.41) is 0.352. The van der Waals surface area contributed by atoms with E-state index in [0.717, 1.165) is 19.1 Å². The van der Waals surface area contributed by atoms with Gasteiger partial charge in [0.15, 0.2) is 9.84 Å². The number of rotatable bonds is 6. The molecule has 0 bridgehead atoms. The molecule has 0 atom stereocenters. The van der Waals surface area contributed by atoms with E-state index in [9.17, 15) is 8.42 Å². The van der Waals surface area contributed by atoms with Gasteiger partial charge >= 0.3 is 0 Å². The number of ether oxygens (including phenoxy) is 1. The van der Waals surface area contributed by atoms with Crippen molar-refractivity contribution in [3.05, 3.63) is 29.4 Å². The van der Waals surface area contributed by atoms with Crippen LogP contribution in [0.15, 0.2) is 29.3 Å². The van der Waals surface area contributed by atoms with Gasteiger partial charge in [0, 0.05) is 24.1 Å². The second-order valence-corrected chi connectivity index (χ2v) is 7.83. The Balaban J connectivity index is 2.51. The Morgan fingerprint density at radius 1 is 1.30 bits per heavy atom. The maximum atomic E-state index is 11.6. The number of aromatic nitrogens is 2. The maximum absolute atomic E-state index is 11.6. The van der Waals surface area contributed by atoms with Crippen LogP contribution in [0.25, 0.3) is 11.3 Å². The molecule has 0 unspecified atom stereocenters. The van der Waals surface area contributed by atoms with Crippen LogP contribution in [0.2, 0.25) is 5.02 Å². The van der Waals surface area contributed by atoms with Gasteiger partial charge in [0.2, 0.25) is 0 Å². The van der Waals surface area contributed by atoms with Crippen molar-refractivity contribution < 1.29 is 13.2 Å². The van der Waals surface area contributed by atoms with E-state index < -0.39 is 9.84 Å². The molecule has 5 nitrogen and oxygen atoms in total. The third-order valence-corrected chi connectivity index (χ3v) is 5.28. The van der Waals surface area contributed by atoms with Crippen molar-refractivity contribution in [1.29, 1.82) is 0 Å². The molecular formula is C16H21ClN2O3S. The van der Waals surface area contributed by atoms with Gasteiger partial charge < -0.3 is 4.74 Å². The molecule has 23 heavy (non-hydrogen) atoms. The van der Waals surface area contributed by atoms with E-state index in [4.69, 9.17) is 16.3 Å². The zero-order valence-electron chi connectivity index (χ0n) is 13.7. The molecule has 0 saturated carbocycles. The SMILES string of the molecule is CCC(CC)n1cc(-c2ccc(S(C)(=O)=O)cc2Cl)nc1OC. The smallest absolute Gasteiger partial charge is 0.296 e. The van der Waals surface area contributed by atoms with E-state index in [1.807, 2.05) is 10.8 Å². The van der Waals surface area contributed by atoms with E-state index in [-0.39, 0.29) is 4.90 Å². The molecule has 0 saturated heterocycles. The number of hydrogen-bond acceptors (Lipinski definition) is 4. The molecule has 2 aromatic rings. The molecule has 0 aliphatic heterocycles. The summed E-state index contributed by atoms with van der Waals surface area (Å²) in [6.45, 7) is 4.22. The summed E-state index contributed by atoms with van der Waals surface area (Å²) in [6, 6.07) is 5.49. The van der Waals surface area contributed by atoms with Crippen LogP contribution in [0.5, 0.6) is 6.01 Å². The average molecular weight is 357 g/mol. The predicted molar refractivity (Wildman–Crippen MR) is 92.0 cm³/mol. The second kappa shape index (κ2) is 6.93. The summed E-state index contributed by atoms with van der Waals surface area (Å²) >= 11 is 6.27. The summed E-state index contributed by atoms with van der Waals surface area (Å²) in [5.41, 5.74) is 1.35. The Bertz CT molecular complexity index is 796. The molecule has 0 aliphatic rings. The molecule has 1 heterocycles. The molecule has 0 amide bonds. The van der Waals surface area contributed by atoms with Crippen molar-refractivity contribution >= 4 is 21.4 Å². The van der Waals surface area contributed by atoms with Gasteiger partial charge in [-0.2, -0.15) is 4.98 Å². The van der Waals surface area contributed by atoms with E-state index in [0.29, 0.717) is 28.3 Å². The van der Waals surface area contributed by atoms with Gasteiger partial charge in [-0.05, 0) is 31.0 Å². The zero-order chi connectivity index (χ0) is 17.2. The number of imidazole rings is 1. The molecule has 1 aromatic carbocycles. The first-order valence-electron chi connectivity index (χ1n) is 7.44. The lowest BCUT2D eigenvalue weighted by molar-refractivity contribution is 0.328. The van der Waals surface area contributed by atoms with Crippen LogP contribution in [0.1, 0.15) is 32.7 Å². The maximum Gasteiger partial charge on any atom is 0.296 e. The van der Waals surface area contributed by atoms with Gasteiger partial charge in [-0.3, -0.25) is 4.57 Å². The van der Waals surface area contributed by atoms with Crippen molar-refractivity contribution in [2.75, 3.05) is 13.4 Å². The van der Waals surface area contributed by atoms with Crippen molar-refractivity contribution in [3.8, 4) is 17.3 Å². The van der Waals surface area contributed by atoms with E-state index in [1.54, 1.807) is 19.2 Å². The van der Waals surface area contributed by atoms with Crippen LogP contribution in [-0.2, 0) is 9.84 Å². The van der Waals surface area contributed by atoms with Crippen molar-refractivity contribution in [3.63, 3.8) is 0 Å². The minimum absolute atomic E-state index is 0.192. The number of hydrogen-bond donors (Lipinski definition) is 0. The average Bonchev–Trinajstić information content (AvgIpc) is 2.91. The lowest BCUT2D eigenvalue weighted by atomic mass is 10.1. The molecule has 0 aliphatic carbocycles. The molecular weight excluding hydrogens is 336 g/mol. The Kier molecular flexibility index (Phi) is 5.37. The highest BCUT2D eigenvalue weighted by Gasteiger charge is 2.18. The highest BCUT2D eigenvalue weighted by molar-refractivity contribution is 7.90. The summed E-state index contributed by atoms with van der Waals surface area (Å²) in [7, 11) is -1.71. The number of methoxy groups -OCH3 is 1. The van der Waals surface area contributed by atoms with Gasteiger partial charge in [-0.25, -0.2) is 8.42 Å². The number of halogens is 1. The van der Waals surface area contributed by atoms with Gasteiger partial charge in [0.25, 0.3) is 6.01 Å². The minimum Gasteiger partial charge on any atom is -0.468 e. The highest BCUT2D eigenvalue weighted by Crippen LogP contribution is 2.33. The number of nitrogens with zero attached hydrogens (tertiary/aromatic N) is 2. The predicted octanol–water partition coefficient (Wildman–Crippen LogP) is 3.98. The van der Waals surface area contributed by atoms with Crippen LogP contribution in [0, 0.1) is 0 Å². The Morgan fingerprint density at radius 2 is 1.96 bits per heavy atom. The fourth-order valence-corrected chi connectivity index (χ4v) is 3.52. The second-order valence-electron chi connectivity index (χ2n) is 5.40. The lowest BCUT2D eigenvalue weighted by Gasteiger charge is -2.15. The molecule has 0 radical (unpaired) electrons. The van der Waals surface area contributed by atoms with Gasteiger partial charge in [-0.15, -0.1) is 0 Å². The number of sulfone groups is 1. The summed E-state index contributed by atoms with van der Waals surface area (Å²) in [5.74, 6) is 0. The van der Waals surface area contributed by atoms with Crippen LogP contribution in [-0.4, -0.2) is 31.3 Å². The fraction of sp³-hybridized carbons (Fsp3) is 0.438. The first-order chi connectivity index (χ1) is 10.8. The molecule has 0 spiro atoms. The normalized spacial score (nSPS) is 11.9. The Hall–Kier alpha value is -1.53. The van der Waals surface area contributed by atoms with E-state index in [1.165, 1.54) is 6.07 Å². The van der Waals surface area contributed by atoms with E-state index >= 15 is 0 Å². The van der Waals surface area contributed by atoms with Gasteiger partial charge in [0.1, 0.15) is 0 Å². The third kappa shape index (κ3) is 3.70. The quantitative estimate of drug-likeness (QED) is 0.785. The van der Waals surface area contributed by atoms with Crippen LogP contribution in [0.3, 0.4) is 0 Å². The fourth-order valence-electron chi connectivity index (χ4n) is 2.54. The lowest BCUT2D eigenvalue weighted by Crippen LogP contribution is -2.07. The van der Waals surface area contributed by atoms with Crippen molar-refractivity contribution in [1.82, 2.24) is 9.55 Å². The summed E-state index contributed by atoms with van der Waals surface area (Å²) in [4.78, 5) is 4.67. The third-order valence-electron chi connectivity index (χ3n) is 3.86. The standard InChI is InChI=1S/C16H21ClN2O3S/c1-5-11(6-2)19-10-15(18-16(19)22-3)13-8-7-12(9-14(13)17)23(4,20)21/h7-11H,5-6H2,1-4H3. The first-order valence-corrected chi connectivity index (χ1v) is 9.71. The van der Waals surface area contributed by atoms with Crippen molar-refractivity contribution in [2.45, 2.75) is 37.6 Å². The summed E-state index contributed by atoms with van der Waals surface area (Å²) < 4.78 is 30.6. The molecule has 1 aromatic heterocycles. The van der Waals surface area contributed by atoms with Crippen LogP contribution in [0.4, 0.5) is 0 Å². The molecule has 2 rings (SSSR count). The number of benzene rings is 1. The Labute approximate surface area is 142 Å². The molecule has 0 N–H and O–H groups in total. The molecule has 7 heteroatoms. The van der Waals surface area contributed by atoms with Crippen LogP contribution < -0.4 is 4.74 Å². The summed E-state index contributed by atoms with van der Waals surface area (Å²) in [6.07, 6.45) is 4.98. The van der Waals surface area contributed by atoms with Gasteiger partial charge in [-0.1, -0.05) is 25.4 Å². The van der Waals surface area contributed by atoms with Crippen LogP contribution >= 0.6 is 11.6 Å². The Morgan fingerprint density at radius 3 is 2.43 bits per heavy atom. The minimum atomic E-state index is -3.29. The van der Waals surface area contributed by atoms with E-state index in [2.05, 4.69) is 18.8 Å². The first kappa shape index (κ1) is 17.8. The molecule has 126 valence electrons. The highest BCUT2D eigenvalue weighted by atomic mass is 35.5. The largest absolute Gasteiger partial charge is 0.468 e. The molecule has 0 fully saturated rings. The monoisotopic (exact) mass is 356 g/mol. The topological polar surface area (TPSA) is 61.2 Å².